The topological polar surface area (TPSA) is 53.6 Å². The van der Waals surface area contributed by atoms with Crippen molar-refractivity contribution in [1.82, 2.24) is 10.3 Å². The summed E-state index contributed by atoms with van der Waals surface area (Å²) in [6.45, 7) is 7.42. The van der Waals surface area contributed by atoms with Crippen LogP contribution in [0.3, 0.4) is 0 Å². The zero-order valence-corrected chi connectivity index (χ0v) is 11.1. The van der Waals surface area contributed by atoms with E-state index in [4.69, 9.17) is 5.84 Å². The summed E-state index contributed by atoms with van der Waals surface area (Å²) in [5.41, 5.74) is 3.74. The molecule has 1 aromatic rings. The fourth-order valence-corrected chi connectivity index (χ4v) is 1.64. The van der Waals surface area contributed by atoms with Crippen LogP contribution in [-0.2, 0) is 0 Å². The predicted molar refractivity (Wildman–Crippen MR) is 72.9 cm³/mol. The number of hydrazine groups is 1. The fourth-order valence-electron chi connectivity index (χ4n) is 1.64. The molecule has 0 heterocycles. The zero-order chi connectivity index (χ0) is 12.9. The number of nitrogens with zero attached hydrogens (tertiary/aromatic N) is 2. The van der Waals surface area contributed by atoms with E-state index in [2.05, 4.69) is 31.2 Å². The minimum Gasteiger partial charge on any atom is -0.344 e. The van der Waals surface area contributed by atoms with Crippen LogP contribution in [0.5, 0.6) is 0 Å². The van der Waals surface area contributed by atoms with Crippen molar-refractivity contribution in [3.05, 3.63) is 30.3 Å². The van der Waals surface area contributed by atoms with E-state index in [1.54, 1.807) is 0 Å². The Labute approximate surface area is 104 Å². The third-order valence-corrected chi connectivity index (χ3v) is 2.19. The summed E-state index contributed by atoms with van der Waals surface area (Å²) in [6.07, 6.45) is 0. The minimum atomic E-state index is 0.197. The second-order valence-electron chi connectivity index (χ2n) is 5.33. The predicted octanol–water partition coefficient (Wildman–Crippen LogP) is 2.12. The highest BCUT2D eigenvalue weighted by Gasteiger charge is 2.15. The van der Waals surface area contributed by atoms with Gasteiger partial charge in [-0.3, -0.25) is 5.43 Å². The van der Waals surface area contributed by atoms with Gasteiger partial charge in [0.2, 0.25) is 5.96 Å². The van der Waals surface area contributed by atoms with E-state index in [0.29, 0.717) is 5.96 Å². The number of aliphatic imine (C=N–C) groups is 1. The standard InChI is InChI=1S/C13H22N4/c1-13(2,3)10-17(4)12(16-14)15-11-8-6-5-7-9-11/h5-9H,10,14H2,1-4H3,(H,15,16). The van der Waals surface area contributed by atoms with Gasteiger partial charge in [0.05, 0.1) is 5.69 Å². The third kappa shape index (κ3) is 4.87. The summed E-state index contributed by atoms with van der Waals surface area (Å²) in [5, 5.41) is 0. The Balaban J connectivity index is 2.81. The summed E-state index contributed by atoms with van der Waals surface area (Å²) in [7, 11) is 1.98. The van der Waals surface area contributed by atoms with Crippen molar-refractivity contribution in [2.45, 2.75) is 20.8 Å². The molecule has 0 amide bonds. The highest BCUT2D eigenvalue weighted by atomic mass is 15.4. The number of benzene rings is 1. The maximum absolute atomic E-state index is 5.52. The van der Waals surface area contributed by atoms with Crippen LogP contribution in [0, 0.1) is 5.41 Å². The highest BCUT2D eigenvalue weighted by Crippen LogP contribution is 2.15. The summed E-state index contributed by atoms with van der Waals surface area (Å²) < 4.78 is 0. The second-order valence-corrected chi connectivity index (χ2v) is 5.33. The fraction of sp³-hybridized carbons (Fsp3) is 0.462. The van der Waals surface area contributed by atoms with Crippen LogP contribution in [0.1, 0.15) is 20.8 Å². The van der Waals surface area contributed by atoms with Crippen molar-refractivity contribution in [1.29, 1.82) is 0 Å². The molecule has 0 bridgehead atoms. The van der Waals surface area contributed by atoms with Crippen molar-refractivity contribution in [3.63, 3.8) is 0 Å². The van der Waals surface area contributed by atoms with Crippen molar-refractivity contribution in [3.8, 4) is 0 Å². The Hall–Kier alpha value is -1.55. The summed E-state index contributed by atoms with van der Waals surface area (Å²) in [6, 6.07) is 9.77. The van der Waals surface area contributed by atoms with E-state index in [1.165, 1.54) is 0 Å². The maximum Gasteiger partial charge on any atom is 0.213 e. The molecule has 0 fully saturated rings. The van der Waals surface area contributed by atoms with Crippen LogP contribution in [-0.4, -0.2) is 24.5 Å². The smallest absolute Gasteiger partial charge is 0.213 e. The SMILES string of the molecule is CN(CC(C)(C)C)C(=Nc1ccccc1)NN. The average Bonchev–Trinajstić information content (AvgIpc) is 2.24. The highest BCUT2D eigenvalue weighted by molar-refractivity contribution is 5.82. The molecule has 0 saturated carbocycles. The van der Waals surface area contributed by atoms with Crippen LogP contribution in [0.15, 0.2) is 35.3 Å². The van der Waals surface area contributed by atoms with Gasteiger partial charge in [0, 0.05) is 13.6 Å². The first-order chi connectivity index (χ1) is 7.92. The normalized spacial score (nSPS) is 12.4. The van der Waals surface area contributed by atoms with E-state index in [1.807, 2.05) is 42.3 Å². The molecule has 4 heteroatoms. The quantitative estimate of drug-likeness (QED) is 0.357. The number of hydrogen-bond acceptors (Lipinski definition) is 2. The van der Waals surface area contributed by atoms with Gasteiger partial charge in [0.15, 0.2) is 0 Å². The summed E-state index contributed by atoms with van der Waals surface area (Å²) >= 11 is 0. The Morgan fingerprint density at radius 3 is 2.35 bits per heavy atom. The monoisotopic (exact) mass is 234 g/mol. The van der Waals surface area contributed by atoms with Gasteiger partial charge in [0.25, 0.3) is 0 Å². The number of guanidine groups is 1. The Morgan fingerprint density at radius 1 is 1.29 bits per heavy atom. The van der Waals surface area contributed by atoms with Crippen LogP contribution >= 0.6 is 0 Å². The molecule has 1 aromatic carbocycles. The number of nitrogens with two attached hydrogens (primary N) is 1. The van der Waals surface area contributed by atoms with Gasteiger partial charge in [-0.25, -0.2) is 10.8 Å². The van der Waals surface area contributed by atoms with Crippen LogP contribution in [0.4, 0.5) is 5.69 Å². The lowest BCUT2D eigenvalue weighted by molar-refractivity contribution is 0.300. The summed E-state index contributed by atoms with van der Waals surface area (Å²) in [4.78, 5) is 6.49. The molecule has 0 aromatic heterocycles. The van der Waals surface area contributed by atoms with Crippen LogP contribution < -0.4 is 11.3 Å². The molecule has 94 valence electrons. The molecule has 0 radical (unpaired) electrons. The van der Waals surface area contributed by atoms with Crippen molar-refractivity contribution in [2.24, 2.45) is 16.3 Å². The van der Waals surface area contributed by atoms with E-state index in [0.717, 1.165) is 12.2 Å². The minimum absolute atomic E-state index is 0.197. The molecule has 0 aliphatic carbocycles. The molecule has 17 heavy (non-hydrogen) atoms. The van der Waals surface area contributed by atoms with Crippen molar-refractivity contribution >= 4 is 11.6 Å². The Bertz CT molecular complexity index is 365. The Morgan fingerprint density at radius 2 is 1.88 bits per heavy atom. The van der Waals surface area contributed by atoms with Gasteiger partial charge in [-0.2, -0.15) is 0 Å². The summed E-state index contributed by atoms with van der Waals surface area (Å²) in [5.74, 6) is 6.19. The van der Waals surface area contributed by atoms with Gasteiger partial charge in [-0.05, 0) is 17.5 Å². The lowest BCUT2D eigenvalue weighted by Gasteiger charge is -2.28. The number of hydrogen-bond donors (Lipinski definition) is 2. The Kier molecular flexibility index (Phi) is 4.52. The van der Waals surface area contributed by atoms with E-state index >= 15 is 0 Å². The molecular weight excluding hydrogens is 212 g/mol. The van der Waals surface area contributed by atoms with Crippen molar-refractivity contribution < 1.29 is 0 Å². The molecule has 4 nitrogen and oxygen atoms in total. The molecule has 0 atom stereocenters. The molecule has 0 spiro atoms. The first-order valence-corrected chi connectivity index (χ1v) is 5.74. The molecule has 0 unspecified atom stereocenters. The molecule has 1 rings (SSSR count). The van der Waals surface area contributed by atoms with Gasteiger partial charge in [-0.15, -0.1) is 0 Å². The molecule has 3 N–H and O–H groups in total. The van der Waals surface area contributed by atoms with Crippen molar-refractivity contribution in [2.75, 3.05) is 13.6 Å². The van der Waals surface area contributed by atoms with Gasteiger partial charge >= 0.3 is 0 Å². The number of nitrogens with one attached hydrogen (secondary N) is 1. The van der Waals surface area contributed by atoms with E-state index < -0.39 is 0 Å². The zero-order valence-electron chi connectivity index (χ0n) is 11.1. The van der Waals surface area contributed by atoms with Gasteiger partial charge < -0.3 is 4.90 Å². The first-order valence-electron chi connectivity index (χ1n) is 5.74. The van der Waals surface area contributed by atoms with Gasteiger partial charge in [-0.1, -0.05) is 39.0 Å². The lowest BCUT2D eigenvalue weighted by atomic mass is 9.96. The second kappa shape index (κ2) is 5.68. The molecule has 0 aliphatic rings. The maximum atomic E-state index is 5.52. The van der Waals surface area contributed by atoms with E-state index in [9.17, 15) is 0 Å². The molecular formula is C13H22N4. The number of para-hydroxylation sites is 1. The van der Waals surface area contributed by atoms with Crippen LogP contribution in [0.2, 0.25) is 0 Å². The molecule has 0 saturated heterocycles. The lowest BCUT2D eigenvalue weighted by Crippen LogP contribution is -2.45. The first kappa shape index (κ1) is 13.5. The van der Waals surface area contributed by atoms with Crippen LogP contribution in [0.25, 0.3) is 0 Å². The third-order valence-electron chi connectivity index (χ3n) is 2.19. The van der Waals surface area contributed by atoms with E-state index in [-0.39, 0.29) is 5.41 Å². The molecule has 0 aliphatic heterocycles. The number of rotatable bonds is 2. The average molecular weight is 234 g/mol. The van der Waals surface area contributed by atoms with Gasteiger partial charge in [0.1, 0.15) is 0 Å². The largest absolute Gasteiger partial charge is 0.344 e.